The summed E-state index contributed by atoms with van der Waals surface area (Å²) in [7, 11) is 1.28. The number of H-pyrrole nitrogens is 1. The SMILES string of the molecule is COC(=O)c1cc(Cl)c2c(C=O)[nH]nc2c1. The number of methoxy groups -OCH3 is 1. The van der Waals surface area contributed by atoms with E-state index in [1.807, 2.05) is 0 Å². The van der Waals surface area contributed by atoms with E-state index in [0.29, 0.717) is 22.8 Å². The van der Waals surface area contributed by atoms with E-state index in [2.05, 4.69) is 14.9 Å². The number of carbonyl (C=O) groups is 2. The van der Waals surface area contributed by atoms with Crippen LogP contribution in [0.1, 0.15) is 20.8 Å². The largest absolute Gasteiger partial charge is 0.465 e. The minimum Gasteiger partial charge on any atom is -0.465 e. The third-order valence-electron chi connectivity index (χ3n) is 2.17. The Hall–Kier alpha value is -1.88. The highest BCUT2D eigenvalue weighted by molar-refractivity contribution is 6.36. The Morgan fingerprint density at radius 1 is 1.56 bits per heavy atom. The molecule has 0 spiro atoms. The van der Waals surface area contributed by atoms with Crippen LogP contribution in [-0.4, -0.2) is 29.6 Å². The van der Waals surface area contributed by atoms with Crippen LogP contribution in [0.4, 0.5) is 0 Å². The summed E-state index contributed by atoms with van der Waals surface area (Å²) >= 11 is 5.96. The number of halogens is 1. The van der Waals surface area contributed by atoms with E-state index in [0.717, 1.165) is 0 Å². The molecule has 0 fully saturated rings. The molecule has 16 heavy (non-hydrogen) atoms. The smallest absolute Gasteiger partial charge is 0.337 e. The van der Waals surface area contributed by atoms with Gasteiger partial charge in [-0.05, 0) is 12.1 Å². The van der Waals surface area contributed by atoms with E-state index >= 15 is 0 Å². The van der Waals surface area contributed by atoms with Gasteiger partial charge in [0.15, 0.2) is 6.29 Å². The summed E-state index contributed by atoms with van der Waals surface area (Å²) in [5.74, 6) is -0.501. The fourth-order valence-electron chi connectivity index (χ4n) is 1.44. The predicted octanol–water partition coefficient (Wildman–Crippen LogP) is 1.82. The topological polar surface area (TPSA) is 72.1 Å². The lowest BCUT2D eigenvalue weighted by atomic mass is 10.1. The summed E-state index contributed by atoms with van der Waals surface area (Å²) in [6, 6.07) is 2.95. The highest BCUT2D eigenvalue weighted by atomic mass is 35.5. The molecule has 1 aromatic carbocycles. The van der Waals surface area contributed by atoms with Gasteiger partial charge in [0, 0.05) is 5.39 Å². The zero-order chi connectivity index (χ0) is 11.7. The molecule has 2 aromatic rings. The fourth-order valence-corrected chi connectivity index (χ4v) is 1.76. The zero-order valence-corrected chi connectivity index (χ0v) is 9.04. The first-order chi connectivity index (χ1) is 7.67. The van der Waals surface area contributed by atoms with Gasteiger partial charge in [0.2, 0.25) is 0 Å². The number of nitrogens with one attached hydrogen (secondary N) is 1. The van der Waals surface area contributed by atoms with E-state index in [-0.39, 0.29) is 10.7 Å². The molecule has 6 heteroatoms. The van der Waals surface area contributed by atoms with Crippen LogP contribution in [0.15, 0.2) is 12.1 Å². The Bertz CT molecular complexity index is 577. The summed E-state index contributed by atoms with van der Waals surface area (Å²) in [6.45, 7) is 0. The number of benzene rings is 1. The van der Waals surface area contributed by atoms with E-state index in [9.17, 15) is 9.59 Å². The number of ether oxygens (including phenoxy) is 1. The predicted molar refractivity (Wildman–Crippen MR) is 57.8 cm³/mol. The average molecular weight is 239 g/mol. The second-order valence-electron chi connectivity index (χ2n) is 3.10. The van der Waals surface area contributed by atoms with Crippen molar-refractivity contribution in [1.29, 1.82) is 0 Å². The average Bonchev–Trinajstić information content (AvgIpc) is 2.71. The fraction of sp³-hybridized carbons (Fsp3) is 0.100. The molecule has 1 N–H and O–H groups in total. The van der Waals surface area contributed by atoms with Crippen LogP contribution < -0.4 is 0 Å². The molecule has 0 amide bonds. The Morgan fingerprint density at radius 3 is 2.94 bits per heavy atom. The maximum absolute atomic E-state index is 11.3. The van der Waals surface area contributed by atoms with Crippen LogP contribution in [0.5, 0.6) is 0 Å². The summed E-state index contributed by atoms with van der Waals surface area (Å²) in [4.78, 5) is 22.0. The van der Waals surface area contributed by atoms with Gasteiger partial charge in [-0.1, -0.05) is 11.6 Å². The molecule has 0 unspecified atom stereocenters. The lowest BCUT2D eigenvalue weighted by Gasteiger charge is -2.00. The van der Waals surface area contributed by atoms with Gasteiger partial charge in [-0.25, -0.2) is 4.79 Å². The van der Waals surface area contributed by atoms with E-state index in [4.69, 9.17) is 11.6 Å². The Balaban J connectivity index is 2.69. The molecule has 0 aliphatic heterocycles. The molecule has 0 aliphatic carbocycles. The Kier molecular flexibility index (Phi) is 2.62. The minimum atomic E-state index is -0.501. The van der Waals surface area contributed by atoms with Crippen molar-refractivity contribution in [2.24, 2.45) is 0 Å². The van der Waals surface area contributed by atoms with Gasteiger partial charge < -0.3 is 4.74 Å². The first-order valence-electron chi connectivity index (χ1n) is 4.38. The molecule has 0 saturated carbocycles. The van der Waals surface area contributed by atoms with Gasteiger partial charge in [-0.15, -0.1) is 0 Å². The molecule has 0 saturated heterocycles. The van der Waals surface area contributed by atoms with Crippen molar-refractivity contribution in [3.63, 3.8) is 0 Å². The van der Waals surface area contributed by atoms with Gasteiger partial charge in [0.25, 0.3) is 0 Å². The molecule has 1 heterocycles. The van der Waals surface area contributed by atoms with Crippen LogP contribution in [0.2, 0.25) is 5.02 Å². The number of aldehydes is 1. The van der Waals surface area contributed by atoms with Crippen molar-refractivity contribution in [2.75, 3.05) is 7.11 Å². The van der Waals surface area contributed by atoms with E-state index in [1.165, 1.54) is 19.2 Å². The maximum Gasteiger partial charge on any atom is 0.337 e. The molecule has 0 radical (unpaired) electrons. The molecule has 0 bridgehead atoms. The summed E-state index contributed by atoms with van der Waals surface area (Å²) in [6.07, 6.45) is 0.624. The third-order valence-corrected chi connectivity index (χ3v) is 2.47. The number of fused-ring (bicyclic) bond motifs is 1. The first kappa shape index (κ1) is 10.6. The molecular weight excluding hydrogens is 232 g/mol. The number of carbonyl (C=O) groups excluding carboxylic acids is 2. The van der Waals surface area contributed by atoms with Crippen LogP contribution in [-0.2, 0) is 4.74 Å². The minimum absolute atomic E-state index is 0.286. The Morgan fingerprint density at radius 2 is 2.31 bits per heavy atom. The van der Waals surface area contributed by atoms with Gasteiger partial charge >= 0.3 is 5.97 Å². The summed E-state index contributed by atoms with van der Waals surface area (Å²) in [5, 5.41) is 7.20. The lowest BCUT2D eigenvalue weighted by molar-refractivity contribution is 0.0601. The molecule has 82 valence electrons. The summed E-state index contributed by atoms with van der Waals surface area (Å²) < 4.78 is 4.57. The number of nitrogens with zero attached hydrogens (tertiary/aromatic N) is 1. The Labute approximate surface area is 95.3 Å². The van der Waals surface area contributed by atoms with Gasteiger partial charge in [-0.3, -0.25) is 9.89 Å². The number of aromatic amines is 1. The van der Waals surface area contributed by atoms with Crippen molar-refractivity contribution in [2.45, 2.75) is 0 Å². The summed E-state index contributed by atoms with van der Waals surface area (Å²) in [5.41, 5.74) is 1.04. The van der Waals surface area contributed by atoms with Crippen molar-refractivity contribution < 1.29 is 14.3 Å². The number of rotatable bonds is 2. The number of esters is 1. The number of hydrogen-bond acceptors (Lipinski definition) is 4. The highest BCUT2D eigenvalue weighted by Gasteiger charge is 2.14. The molecule has 1 aromatic heterocycles. The quantitative estimate of drug-likeness (QED) is 0.640. The second kappa shape index (κ2) is 3.94. The lowest BCUT2D eigenvalue weighted by Crippen LogP contribution is -2.00. The van der Waals surface area contributed by atoms with Crippen LogP contribution in [0.25, 0.3) is 10.9 Å². The monoisotopic (exact) mass is 238 g/mol. The van der Waals surface area contributed by atoms with Gasteiger partial charge in [-0.2, -0.15) is 5.10 Å². The van der Waals surface area contributed by atoms with Crippen LogP contribution in [0.3, 0.4) is 0 Å². The van der Waals surface area contributed by atoms with Gasteiger partial charge in [0.1, 0.15) is 5.69 Å². The third kappa shape index (κ3) is 1.55. The van der Waals surface area contributed by atoms with Crippen LogP contribution in [0, 0.1) is 0 Å². The van der Waals surface area contributed by atoms with E-state index < -0.39 is 5.97 Å². The van der Waals surface area contributed by atoms with Crippen molar-refractivity contribution >= 4 is 34.8 Å². The van der Waals surface area contributed by atoms with Crippen LogP contribution >= 0.6 is 11.6 Å². The molecule has 0 aliphatic rings. The molecule has 0 atom stereocenters. The number of aromatic nitrogens is 2. The van der Waals surface area contributed by atoms with E-state index in [1.54, 1.807) is 0 Å². The second-order valence-corrected chi connectivity index (χ2v) is 3.51. The zero-order valence-electron chi connectivity index (χ0n) is 8.28. The van der Waals surface area contributed by atoms with Crippen molar-refractivity contribution in [1.82, 2.24) is 10.2 Å². The normalized spacial score (nSPS) is 10.4. The van der Waals surface area contributed by atoms with Crippen molar-refractivity contribution in [3.05, 3.63) is 28.4 Å². The maximum atomic E-state index is 11.3. The first-order valence-corrected chi connectivity index (χ1v) is 4.76. The molecule has 5 nitrogen and oxygen atoms in total. The highest BCUT2D eigenvalue weighted by Crippen LogP contribution is 2.26. The number of hydrogen-bond donors (Lipinski definition) is 1. The van der Waals surface area contributed by atoms with Crippen molar-refractivity contribution in [3.8, 4) is 0 Å². The molecule has 2 rings (SSSR count). The molecular formula is C10H7ClN2O3. The standard InChI is InChI=1S/C10H7ClN2O3/c1-16-10(15)5-2-6(11)9-7(3-5)12-13-8(9)4-14/h2-4H,1H3,(H,12,13). The van der Waals surface area contributed by atoms with Gasteiger partial charge in [0.05, 0.1) is 23.2 Å².